The van der Waals surface area contributed by atoms with Gasteiger partial charge in [-0.05, 0) is 60.7 Å². The van der Waals surface area contributed by atoms with E-state index in [9.17, 15) is 5.11 Å². The fraction of sp³-hybridized carbons (Fsp3) is 0.360. The van der Waals surface area contributed by atoms with Crippen LogP contribution in [0.4, 0.5) is 0 Å². The van der Waals surface area contributed by atoms with Gasteiger partial charge in [-0.25, -0.2) is 0 Å². The van der Waals surface area contributed by atoms with E-state index < -0.39 is 5.79 Å². The van der Waals surface area contributed by atoms with Crippen molar-refractivity contribution in [2.45, 2.75) is 57.7 Å². The highest BCUT2D eigenvalue weighted by Gasteiger charge is 2.47. The highest BCUT2D eigenvalue weighted by atomic mass is 32.1. The van der Waals surface area contributed by atoms with E-state index in [0.29, 0.717) is 19.4 Å². The van der Waals surface area contributed by atoms with Gasteiger partial charge in [0.25, 0.3) is 0 Å². The van der Waals surface area contributed by atoms with Crippen LogP contribution in [0.15, 0.2) is 54.6 Å². The monoisotopic (exact) mass is 406 g/mol. The minimum atomic E-state index is -0.792. The van der Waals surface area contributed by atoms with Crippen molar-refractivity contribution in [1.82, 2.24) is 0 Å². The van der Waals surface area contributed by atoms with Gasteiger partial charge in [-0.1, -0.05) is 36.4 Å². The highest BCUT2D eigenvalue weighted by molar-refractivity contribution is 7.15. The van der Waals surface area contributed by atoms with Gasteiger partial charge in [0.15, 0.2) is 5.79 Å². The molecule has 2 aromatic carbocycles. The predicted octanol–water partition coefficient (Wildman–Crippen LogP) is 5.56. The van der Waals surface area contributed by atoms with Crippen LogP contribution in [-0.4, -0.2) is 17.3 Å². The molecule has 2 aliphatic rings. The summed E-state index contributed by atoms with van der Waals surface area (Å²) in [6.45, 7) is 4.73. The van der Waals surface area contributed by atoms with Gasteiger partial charge in [0.2, 0.25) is 0 Å². The number of aliphatic hydroxyl groups excluding tert-OH is 1. The van der Waals surface area contributed by atoms with E-state index >= 15 is 0 Å². The second kappa shape index (κ2) is 7.37. The Balaban J connectivity index is 1.45. The number of thiophene rings is 1. The summed E-state index contributed by atoms with van der Waals surface area (Å²) < 4.78 is 12.4. The summed E-state index contributed by atoms with van der Waals surface area (Å²) in [6, 6.07) is 19.5. The average molecular weight is 407 g/mol. The van der Waals surface area contributed by atoms with Gasteiger partial charge in [-0.15, -0.1) is 11.3 Å². The minimum absolute atomic E-state index is 0.0137. The van der Waals surface area contributed by atoms with E-state index in [0.717, 1.165) is 12.0 Å². The lowest BCUT2D eigenvalue weighted by Crippen LogP contribution is -2.43. The lowest BCUT2D eigenvalue weighted by Gasteiger charge is -2.39. The van der Waals surface area contributed by atoms with Crippen molar-refractivity contribution in [2.75, 3.05) is 0 Å². The van der Waals surface area contributed by atoms with Gasteiger partial charge in [0.1, 0.15) is 0 Å². The molecule has 2 aliphatic heterocycles. The molecule has 29 heavy (non-hydrogen) atoms. The molecule has 0 unspecified atom stereocenters. The summed E-state index contributed by atoms with van der Waals surface area (Å²) in [5.74, 6) is -0.792. The number of aryl methyl sites for hydroxylation is 1. The van der Waals surface area contributed by atoms with Gasteiger partial charge >= 0.3 is 0 Å². The molecular formula is C25H26O3S. The number of benzene rings is 2. The second-order valence-corrected chi connectivity index (χ2v) is 9.48. The van der Waals surface area contributed by atoms with Gasteiger partial charge in [0.05, 0.1) is 18.8 Å². The van der Waals surface area contributed by atoms with Crippen LogP contribution in [0.3, 0.4) is 0 Å². The molecule has 0 bridgehead atoms. The average Bonchev–Trinajstić information content (AvgIpc) is 3.28. The maximum absolute atomic E-state index is 10.3. The number of ether oxygens (including phenoxy) is 2. The first-order valence-electron chi connectivity index (χ1n) is 10.3. The standard InChI is InChI=1S/C25H26O3S/c1-16-10-20-15-27-25(14-21(26)11-17(2)28-25)23(20)13-19(16)12-22-8-9-24(29-22)18-6-4-3-5-7-18/h3-10,13,17,21,26H,11-12,14-15H2,1-2H3/t17-,21+,25-/m1/s1. The third-order valence-electron chi connectivity index (χ3n) is 6.02. The molecule has 3 heterocycles. The Labute approximate surface area is 175 Å². The summed E-state index contributed by atoms with van der Waals surface area (Å²) >= 11 is 1.85. The topological polar surface area (TPSA) is 38.7 Å². The van der Waals surface area contributed by atoms with Crippen LogP contribution in [0.25, 0.3) is 10.4 Å². The quantitative estimate of drug-likeness (QED) is 0.619. The first-order chi connectivity index (χ1) is 14.0. The minimum Gasteiger partial charge on any atom is -0.393 e. The molecule has 3 atom stereocenters. The molecule has 3 nitrogen and oxygen atoms in total. The van der Waals surface area contributed by atoms with Gasteiger partial charge in [0, 0.05) is 28.2 Å². The molecule has 1 fully saturated rings. The van der Waals surface area contributed by atoms with Crippen LogP contribution in [0.5, 0.6) is 0 Å². The van der Waals surface area contributed by atoms with Crippen LogP contribution < -0.4 is 0 Å². The summed E-state index contributed by atoms with van der Waals surface area (Å²) in [6.07, 6.45) is 1.66. The summed E-state index contributed by atoms with van der Waals surface area (Å²) in [5.41, 5.74) is 6.13. The van der Waals surface area contributed by atoms with Crippen LogP contribution in [0, 0.1) is 6.92 Å². The van der Waals surface area contributed by atoms with E-state index in [2.05, 4.69) is 61.5 Å². The van der Waals surface area contributed by atoms with Crippen molar-refractivity contribution in [2.24, 2.45) is 0 Å². The maximum Gasteiger partial charge on any atom is 0.198 e. The van der Waals surface area contributed by atoms with E-state index in [1.165, 1.54) is 32.0 Å². The Morgan fingerprint density at radius 1 is 1.14 bits per heavy atom. The Bertz CT molecular complexity index is 1010. The third-order valence-corrected chi connectivity index (χ3v) is 7.15. The van der Waals surface area contributed by atoms with Crippen molar-refractivity contribution in [3.05, 3.63) is 81.7 Å². The zero-order chi connectivity index (χ0) is 20.0. The summed E-state index contributed by atoms with van der Waals surface area (Å²) in [5, 5.41) is 10.3. The molecule has 1 aromatic heterocycles. The van der Waals surface area contributed by atoms with Crippen molar-refractivity contribution in [3.63, 3.8) is 0 Å². The fourth-order valence-corrected chi connectivity index (χ4v) is 5.67. The number of fused-ring (bicyclic) bond motifs is 2. The fourth-order valence-electron chi connectivity index (χ4n) is 4.63. The lowest BCUT2D eigenvalue weighted by molar-refractivity contribution is -0.295. The Morgan fingerprint density at radius 2 is 1.97 bits per heavy atom. The second-order valence-electron chi connectivity index (χ2n) is 8.31. The van der Waals surface area contributed by atoms with Gasteiger partial charge < -0.3 is 14.6 Å². The van der Waals surface area contributed by atoms with Gasteiger partial charge in [-0.2, -0.15) is 0 Å². The first-order valence-corrected chi connectivity index (χ1v) is 11.1. The largest absolute Gasteiger partial charge is 0.393 e. The number of aliphatic hydroxyl groups is 1. The van der Waals surface area contributed by atoms with Gasteiger partial charge in [-0.3, -0.25) is 0 Å². The normalized spacial score (nSPS) is 26.0. The molecule has 4 heteroatoms. The Kier molecular flexibility index (Phi) is 4.83. The van der Waals surface area contributed by atoms with Crippen LogP contribution in [0.2, 0.25) is 0 Å². The molecular weight excluding hydrogens is 380 g/mol. The molecule has 0 aliphatic carbocycles. The zero-order valence-electron chi connectivity index (χ0n) is 16.9. The zero-order valence-corrected chi connectivity index (χ0v) is 17.7. The smallest absolute Gasteiger partial charge is 0.198 e. The van der Waals surface area contributed by atoms with Crippen molar-refractivity contribution in [1.29, 1.82) is 0 Å². The molecule has 1 spiro atoms. The molecule has 0 saturated carbocycles. The summed E-state index contributed by atoms with van der Waals surface area (Å²) in [7, 11) is 0. The van der Waals surface area contributed by atoms with Crippen LogP contribution in [0.1, 0.15) is 46.9 Å². The first kappa shape index (κ1) is 19.0. The number of rotatable bonds is 3. The SMILES string of the molecule is Cc1cc2c(cc1Cc1ccc(-c3ccccc3)s1)[C@]1(C[C@@H](O)C[C@@H](C)O1)OC2. The molecule has 0 amide bonds. The number of hydrogen-bond acceptors (Lipinski definition) is 4. The highest BCUT2D eigenvalue weighted by Crippen LogP contribution is 2.46. The van der Waals surface area contributed by atoms with Crippen molar-refractivity contribution >= 4 is 11.3 Å². The third kappa shape index (κ3) is 3.55. The molecule has 5 rings (SSSR count). The van der Waals surface area contributed by atoms with E-state index in [1.54, 1.807) is 0 Å². The molecule has 150 valence electrons. The maximum atomic E-state index is 10.3. The lowest BCUT2D eigenvalue weighted by atomic mass is 9.89. The van der Waals surface area contributed by atoms with Crippen LogP contribution in [-0.2, 0) is 28.3 Å². The molecule has 1 saturated heterocycles. The van der Waals surface area contributed by atoms with Crippen LogP contribution >= 0.6 is 11.3 Å². The van der Waals surface area contributed by atoms with E-state index in [4.69, 9.17) is 9.47 Å². The predicted molar refractivity (Wildman–Crippen MR) is 116 cm³/mol. The Morgan fingerprint density at radius 3 is 2.76 bits per heavy atom. The summed E-state index contributed by atoms with van der Waals surface area (Å²) in [4.78, 5) is 2.64. The molecule has 3 aromatic rings. The van der Waals surface area contributed by atoms with Crippen molar-refractivity contribution in [3.8, 4) is 10.4 Å². The number of hydrogen-bond donors (Lipinski definition) is 1. The van der Waals surface area contributed by atoms with E-state index in [1.807, 2.05) is 18.3 Å². The molecule has 1 N–H and O–H groups in total. The van der Waals surface area contributed by atoms with E-state index in [-0.39, 0.29) is 12.2 Å². The van der Waals surface area contributed by atoms with Crippen molar-refractivity contribution < 1.29 is 14.6 Å². The Hall–Kier alpha value is -1.98. The molecule has 0 radical (unpaired) electrons.